The number of halogens is 1. The van der Waals surface area contributed by atoms with Crippen molar-refractivity contribution in [2.45, 2.75) is 45.8 Å². The molecular formula is C15H20FNO3. The molecule has 0 spiro atoms. The summed E-state index contributed by atoms with van der Waals surface area (Å²) in [5, 5.41) is 9.94. The summed E-state index contributed by atoms with van der Waals surface area (Å²) >= 11 is 0. The number of carbonyl (C=O) groups excluding carboxylic acids is 1. The fourth-order valence-electron chi connectivity index (χ4n) is 2.50. The number of hydrogen-bond donors (Lipinski definition) is 1. The number of nitrogens with zero attached hydrogens (tertiary/aromatic N) is 1. The number of amides is 1. The lowest BCUT2D eigenvalue weighted by atomic mass is 9.92. The van der Waals surface area contributed by atoms with Crippen LogP contribution in [0.1, 0.15) is 44.9 Å². The SMILES string of the molecule is CC1c2c(O)ccc(F)c2CCN1C(=O)OC(C)(C)C. The molecule has 0 bridgehead atoms. The van der Waals surface area contributed by atoms with Crippen LogP contribution < -0.4 is 0 Å². The predicted molar refractivity (Wildman–Crippen MR) is 73.1 cm³/mol. The Kier molecular flexibility index (Phi) is 3.63. The van der Waals surface area contributed by atoms with Crippen LogP contribution in [0, 0.1) is 5.82 Å². The van der Waals surface area contributed by atoms with Crippen molar-refractivity contribution >= 4 is 6.09 Å². The number of aromatic hydroxyl groups is 1. The number of phenols is 1. The van der Waals surface area contributed by atoms with E-state index in [-0.39, 0.29) is 11.6 Å². The van der Waals surface area contributed by atoms with Gasteiger partial charge in [0.2, 0.25) is 0 Å². The molecule has 0 aromatic heterocycles. The van der Waals surface area contributed by atoms with Gasteiger partial charge in [-0.1, -0.05) is 0 Å². The highest BCUT2D eigenvalue weighted by Crippen LogP contribution is 2.37. The summed E-state index contributed by atoms with van der Waals surface area (Å²) < 4.78 is 19.1. The summed E-state index contributed by atoms with van der Waals surface area (Å²) in [6.07, 6.45) is -0.0709. The predicted octanol–water partition coefficient (Wildman–Crippen LogP) is 3.39. The fraction of sp³-hybridized carbons (Fsp3) is 0.533. The van der Waals surface area contributed by atoms with Crippen LogP contribution >= 0.6 is 0 Å². The monoisotopic (exact) mass is 281 g/mol. The molecule has 110 valence electrons. The first kappa shape index (κ1) is 14.6. The third-order valence-corrected chi connectivity index (χ3v) is 3.39. The Balaban J connectivity index is 2.30. The van der Waals surface area contributed by atoms with E-state index in [1.54, 1.807) is 27.7 Å². The molecule has 0 saturated carbocycles. The van der Waals surface area contributed by atoms with Gasteiger partial charge in [-0.05, 0) is 51.8 Å². The second-order valence-corrected chi connectivity index (χ2v) is 6.06. The van der Waals surface area contributed by atoms with E-state index in [1.807, 2.05) is 0 Å². The molecule has 0 saturated heterocycles. The first-order valence-electron chi connectivity index (χ1n) is 6.70. The van der Waals surface area contributed by atoms with Gasteiger partial charge in [-0.2, -0.15) is 0 Å². The van der Waals surface area contributed by atoms with E-state index >= 15 is 0 Å². The van der Waals surface area contributed by atoms with Crippen molar-refractivity contribution < 1.29 is 19.0 Å². The van der Waals surface area contributed by atoms with E-state index in [0.717, 1.165) is 0 Å². The van der Waals surface area contributed by atoms with Gasteiger partial charge >= 0.3 is 6.09 Å². The molecule has 0 radical (unpaired) electrons. The molecule has 20 heavy (non-hydrogen) atoms. The Labute approximate surface area is 118 Å². The maximum Gasteiger partial charge on any atom is 0.410 e. The maximum atomic E-state index is 13.8. The molecule has 0 fully saturated rings. The zero-order valence-corrected chi connectivity index (χ0v) is 12.2. The topological polar surface area (TPSA) is 49.8 Å². The molecule has 1 N–H and O–H groups in total. The van der Waals surface area contributed by atoms with Crippen LogP contribution in [-0.4, -0.2) is 28.2 Å². The summed E-state index contributed by atoms with van der Waals surface area (Å²) in [5.41, 5.74) is 0.376. The standard InChI is InChI=1S/C15H20FNO3/c1-9-13-10(11(16)5-6-12(13)18)7-8-17(9)14(19)20-15(2,3)4/h5-6,9,18H,7-8H2,1-4H3. The Morgan fingerprint density at radius 2 is 2.10 bits per heavy atom. The summed E-state index contributed by atoms with van der Waals surface area (Å²) in [6, 6.07) is 2.16. The normalized spacial score (nSPS) is 18.6. The van der Waals surface area contributed by atoms with E-state index in [0.29, 0.717) is 24.1 Å². The first-order valence-corrected chi connectivity index (χ1v) is 6.70. The van der Waals surface area contributed by atoms with Crippen molar-refractivity contribution in [3.05, 3.63) is 29.1 Å². The van der Waals surface area contributed by atoms with Gasteiger partial charge in [-0.15, -0.1) is 0 Å². The molecule has 1 aromatic rings. The largest absolute Gasteiger partial charge is 0.508 e. The van der Waals surface area contributed by atoms with Crippen LogP contribution in [0.2, 0.25) is 0 Å². The van der Waals surface area contributed by atoms with Crippen molar-refractivity contribution in [1.82, 2.24) is 4.90 Å². The molecule has 5 heteroatoms. The number of fused-ring (bicyclic) bond motifs is 1. The second kappa shape index (κ2) is 4.96. The van der Waals surface area contributed by atoms with E-state index in [9.17, 15) is 14.3 Å². The quantitative estimate of drug-likeness (QED) is 0.793. The number of benzene rings is 1. The molecule has 1 atom stereocenters. The Hall–Kier alpha value is -1.78. The van der Waals surface area contributed by atoms with Crippen molar-refractivity contribution in [3.8, 4) is 5.75 Å². The molecule has 4 nitrogen and oxygen atoms in total. The number of ether oxygens (including phenoxy) is 1. The van der Waals surface area contributed by atoms with Gasteiger partial charge in [0, 0.05) is 12.1 Å². The van der Waals surface area contributed by atoms with Gasteiger partial charge in [-0.25, -0.2) is 9.18 Å². The van der Waals surface area contributed by atoms with Crippen molar-refractivity contribution in [2.75, 3.05) is 6.54 Å². The Morgan fingerprint density at radius 1 is 1.45 bits per heavy atom. The smallest absolute Gasteiger partial charge is 0.410 e. The average Bonchev–Trinajstić information content (AvgIpc) is 2.31. The van der Waals surface area contributed by atoms with Crippen LogP contribution in [0.5, 0.6) is 5.75 Å². The van der Waals surface area contributed by atoms with E-state index in [4.69, 9.17) is 4.74 Å². The molecule has 1 aliphatic rings. The molecule has 1 unspecified atom stereocenters. The summed E-state index contributed by atoms with van der Waals surface area (Å²) in [6.45, 7) is 7.53. The summed E-state index contributed by atoms with van der Waals surface area (Å²) in [4.78, 5) is 13.7. The Bertz CT molecular complexity index is 537. The van der Waals surface area contributed by atoms with Gasteiger partial charge in [0.1, 0.15) is 17.2 Å². The number of phenolic OH excluding ortho intramolecular Hbond substituents is 1. The lowest BCUT2D eigenvalue weighted by Crippen LogP contribution is -2.42. The fourth-order valence-corrected chi connectivity index (χ4v) is 2.50. The van der Waals surface area contributed by atoms with Crippen LogP contribution in [0.4, 0.5) is 9.18 Å². The lowest BCUT2D eigenvalue weighted by Gasteiger charge is -2.36. The molecule has 1 amide bonds. The van der Waals surface area contributed by atoms with Crippen LogP contribution in [0.25, 0.3) is 0 Å². The van der Waals surface area contributed by atoms with Crippen LogP contribution in [0.3, 0.4) is 0 Å². The van der Waals surface area contributed by atoms with Gasteiger partial charge in [0.25, 0.3) is 0 Å². The van der Waals surface area contributed by atoms with Crippen molar-refractivity contribution in [3.63, 3.8) is 0 Å². The molecular weight excluding hydrogens is 261 g/mol. The van der Waals surface area contributed by atoms with Crippen LogP contribution in [-0.2, 0) is 11.2 Å². The third-order valence-electron chi connectivity index (χ3n) is 3.39. The third kappa shape index (κ3) is 2.71. The summed E-state index contributed by atoms with van der Waals surface area (Å²) in [7, 11) is 0. The molecule has 1 aromatic carbocycles. The minimum Gasteiger partial charge on any atom is -0.508 e. The molecule has 1 aliphatic heterocycles. The molecule has 0 aliphatic carbocycles. The van der Waals surface area contributed by atoms with Crippen molar-refractivity contribution in [2.24, 2.45) is 0 Å². The first-order chi connectivity index (χ1) is 9.20. The minimum absolute atomic E-state index is 0.0159. The van der Waals surface area contributed by atoms with Crippen LogP contribution in [0.15, 0.2) is 12.1 Å². The highest BCUT2D eigenvalue weighted by atomic mass is 19.1. The van der Waals surface area contributed by atoms with Gasteiger partial charge in [0.15, 0.2) is 0 Å². The van der Waals surface area contributed by atoms with E-state index in [1.165, 1.54) is 17.0 Å². The van der Waals surface area contributed by atoms with E-state index in [2.05, 4.69) is 0 Å². The zero-order valence-electron chi connectivity index (χ0n) is 12.2. The molecule has 2 rings (SSSR count). The van der Waals surface area contributed by atoms with Gasteiger partial charge < -0.3 is 14.7 Å². The average molecular weight is 281 g/mol. The number of rotatable bonds is 0. The summed E-state index contributed by atoms with van der Waals surface area (Å²) in [5.74, 6) is -0.323. The molecule has 1 heterocycles. The highest BCUT2D eigenvalue weighted by Gasteiger charge is 2.33. The van der Waals surface area contributed by atoms with Crippen molar-refractivity contribution in [1.29, 1.82) is 0 Å². The van der Waals surface area contributed by atoms with Gasteiger partial charge in [0.05, 0.1) is 6.04 Å². The Morgan fingerprint density at radius 3 is 2.70 bits per heavy atom. The van der Waals surface area contributed by atoms with Gasteiger partial charge in [-0.3, -0.25) is 0 Å². The zero-order chi connectivity index (χ0) is 15.1. The number of hydrogen-bond acceptors (Lipinski definition) is 3. The second-order valence-electron chi connectivity index (χ2n) is 6.06. The lowest BCUT2D eigenvalue weighted by molar-refractivity contribution is 0.0156. The van der Waals surface area contributed by atoms with E-state index < -0.39 is 17.7 Å². The highest BCUT2D eigenvalue weighted by molar-refractivity contribution is 5.70. The minimum atomic E-state index is -0.582. The number of carbonyl (C=O) groups is 1. The maximum absolute atomic E-state index is 13.8.